The monoisotopic (exact) mass is 307 g/mol. The van der Waals surface area contributed by atoms with Gasteiger partial charge in [0.1, 0.15) is 5.82 Å². The zero-order valence-corrected chi connectivity index (χ0v) is 12.0. The first kappa shape index (κ1) is 13.2. The highest BCUT2D eigenvalue weighted by Crippen LogP contribution is 2.26. The third-order valence-electron chi connectivity index (χ3n) is 3.07. The molecule has 0 aliphatic rings. The molecule has 0 bridgehead atoms. The number of nitrogens with two attached hydrogens (primary N) is 1. The maximum absolute atomic E-state index is 13.5. The van der Waals surface area contributed by atoms with Crippen molar-refractivity contribution < 1.29 is 4.39 Å². The number of halogens is 2. The molecule has 0 heterocycles. The Morgan fingerprint density at radius 2 is 1.83 bits per heavy atom. The van der Waals surface area contributed by atoms with E-state index in [9.17, 15) is 4.39 Å². The first-order valence-electron chi connectivity index (χ1n) is 5.76. The molecule has 0 aliphatic carbocycles. The van der Waals surface area contributed by atoms with Gasteiger partial charge in [-0.25, -0.2) is 4.39 Å². The fourth-order valence-corrected chi connectivity index (χ4v) is 2.23. The Labute approximate surface area is 115 Å². The van der Waals surface area contributed by atoms with Gasteiger partial charge in [0.2, 0.25) is 0 Å². The van der Waals surface area contributed by atoms with Crippen LogP contribution in [0.15, 0.2) is 40.9 Å². The molecular formula is C15H15BrFN. The third kappa shape index (κ3) is 2.62. The predicted octanol–water partition coefficient (Wildman–Crippen LogP) is 4.25. The molecule has 0 amide bonds. The molecule has 1 unspecified atom stereocenters. The van der Waals surface area contributed by atoms with Gasteiger partial charge >= 0.3 is 0 Å². The molecule has 1 atom stereocenters. The van der Waals surface area contributed by atoms with Crippen LogP contribution in [0, 0.1) is 19.7 Å². The lowest BCUT2D eigenvalue weighted by Gasteiger charge is -2.16. The molecular weight excluding hydrogens is 293 g/mol. The Kier molecular flexibility index (Phi) is 3.83. The van der Waals surface area contributed by atoms with Gasteiger partial charge in [0.05, 0.1) is 10.5 Å². The summed E-state index contributed by atoms with van der Waals surface area (Å²) in [6, 6.07) is 10.9. The minimum atomic E-state index is -0.299. The first-order valence-corrected chi connectivity index (χ1v) is 6.56. The Bertz CT molecular complexity index is 581. The average Bonchev–Trinajstić information content (AvgIpc) is 2.35. The van der Waals surface area contributed by atoms with Crippen molar-refractivity contribution >= 4 is 15.9 Å². The molecule has 2 rings (SSSR count). The highest BCUT2D eigenvalue weighted by atomic mass is 79.9. The number of rotatable bonds is 2. The molecule has 0 radical (unpaired) electrons. The summed E-state index contributed by atoms with van der Waals surface area (Å²) in [7, 11) is 0. The summed E-state index contributed by atoms with van der Waals surface area (Å²) in [5, 5.41) is 0. The molecule has 0 aliphatic heterocycles. The number of hydrogen-bond acceptors (Lipinski definition) is 1. The Balaban J connectivity index is 2.44. The average molecular weight is 308 g/mol. The van der Waals surface area contributed by atoms with Gasteiger partial charge in [-0.3, -0.25) is 0 Å². The molecule has 18 heavy (non-hydrogen) atoms. The van der Waals surface area contributed by atoms with Crippen LogP contribution in [0.25, 0.3) is 0 Å². The number of benzene rings is 2. The van der Waals surface area contributed by atoms with Gasteiger partial charge in [0.25, 0.3) is 0 Å². The van der Waals surface area contributed by atoms with Gasteiger partial charge in [0, 0.05) is 0 Å². The molecule has 0 aromatic heterocycles. The van der Waals surface area contributed by atoms with Crippen LogP contribution in [0.3, 0.4) is 0 Å². The molecule has 3 heteroatoms. The van der Waals surface area contributed by atoms with E-state index < -0.39 is 0 Å². The molecule has 2 aromatic carbocycles. The standard InChI is InChI=1S/C15H15BrFN/c1-9-3-4-10(2)12(7-9)15(18)11-5-6-13(16)14(17)8-11/h3-8,15H,18H2,1-2H3. The van der Waals surface area contributed by atoms with E-state index in [0.29, 0.717) is 4.47 Å². The van der Waals surface area contributed by atoms with Gasteiger partial charge in [-0.1, -0.05) is 29.8 Å². The number of aryl methyl sites for hydroxylation is 2. The van der Waals surface area contributed by atoms with Crippen LogP contribution in [-0.4, -0.2) is 0 Å². The van der Waals surface area contributed by atoms with Crippen LogP contribution in [0.4, 0.5) is 4.39 Å². The van der Waals surface area contributed by atoms with Gasteiger partial charge in [-0.2, -0.15) is 0 Å². The summed E-state index contributed by atoms with van der Waals surface area (Å²) in [5.74, 6) is -0.284. The lowest BCUT2D eigenvalue weighted by Crippen LogP contribution is -2.13. The summed E-state index contributed by atoms with van der Waals surface area (Å²) in [6.07, 6.45) is 0. The quantitative estimate of drug-likeness (QED) is 0.881. The summed E-state index contributed by atoms with van der Waals surface area (Å²) >= 11 is 3.14. The van der Waals surface area contributed by atoms with Crippen LogP contribution < -0.4 is 5.73 Å². The summed E-state index contributed by atoms with van der Waals surface area (Å²) in [5.41, 5.74) is 10.3. The lowest BCUT2D eigenvalue weighted by atomic mass is 9.94. The fourth-order valence-electron chi connectivity index (χ4n) is 1.98. The van der Waals surface area contributed by atoms with Gasteiger partial charge in [-0.15, -0.1) is 0 Å². The second kappa shape index (κ2) is 5.21. The zero-order valence-electron chi connectivity index (χ0n) is 10.4. The highest BCUT2D eigenvalue weighted by molar-refractivity contribution is 9.10. The van der Waals surface area contributed by atoms with Crippen molar-refractivity contribution in [3.8, 4) is 0 Å². The second-order valence-electron chi connectivity index (χ2n) is 4.51. The molecule has 2 N–H and O–H groups in total. The van der Waals surface area contributed by atoms with E-state index >= 15 is 0 Å². The summed E-state index contributed by atoms with van der Waals surface area (Å²) in [6.45, 7) is 4.04. The Morgan fingerprint density at radius 3 is 2.50 bits per heavy atom. The van der Waals surface area contributed by atoms with Crippen molar-refractivity contribution in [2.24, 2.45) is 5.73 Å². The largest absolute Gasteiger partial charge is 0.320 e. The summed E-state index contributed by atoms with van der Waals surface area (Å²) < 4.78 is 14.0. The molecule has 0 saturated carbocycles. The SMILES string of the molecule is Cc1ccc(C)c(C(N)c2ccc(Br)c(F)c2)c1. The molecule has 94 valence electrons. The van der Waals surface area contributed by atoms with E-state index in [2.05, 4.69) is 22.0 Å². The van der Waals surface area contributed by atoms with Crippen LogP contribution in [0.2, 0.25) is 0 Å². The van der Waals surface area contributed by atoms with Crippen LogP contribution in [0.1, 0.15) is 28.3 Å². The third-order valence-corrected chi connectivity index (χ3v) is 3.72. The van der Waals surface area contributed by atoms with Crippen molar-refractivity contribution in [2.75, 3.05) is 0 Å². The van der Waals surface area contributed by atoms with Crippen molar-refractivity contribution in [3.63, 3.8) is 0 Å². The predicted molar refractivity (Wildman–Crippen MR) is 76.0 cm³/mol. The minimum Gasteiger partial charge on any atom is -0.320 e. The van der Waals surface area contributed by atoms with E-state index in [0.717, 1.165) is 22.3 Å². The van der Waals surface area contributed by atoms with E-state index in [1.807, 2.05) is 32.0 Å². The maximum Gasteiger partial charge on any atom is 0.137 e. The second-order valence-corrected chi connectivity index (χ2v) is 5.37. The van der Waals surface area contributed by atoms with Crippen molar-refractivity contribution in [2.45, 2.75) is 19.9 Å². The van der Waals surface area contributed by atoms with Crippen LogP contribution in [-0.2, 0) is 0 Å². The highest BCUT2D eigenvalue weighted by Gasteiger charge is 2.13. The van der Waals surface area contributed by atoms with E-state index in [4.69, 9.17) is 5.73 Å². The molecule has 0 saturated heterocycles. The van der Waals surface area contributed by atoms with Crippen molar-refractivity contribution in [3.05, 3.63) is 68.9 Å². The van der Waals surface area contributed by atoms with Crippen molar-refractivity contribution in [1.29, 1.82) is 0 Å². The van der Waals surface area contributed by atoms with Crippen LogP contribution in [0.5, 0.6) is 0 Å². The number of hydrogen-bond donors (Lipinski definition) is 1. The fraction of sp³-hybridized carbons (Fsp3) is 0.200. The van der Waals surface area contributed by atoms with E-state index in [-0.39, 0.29) is 11.9 Å². The van der Waals surface area contributed by atoms with Crippen LogP contribution >= 0.6 is 15.9 Å². The van der Waals surface area contributed by atoms with Gasteiger partial charge in [-0.05, 0) is 58.6 Å². The Hall–Kier alpha value is -1.19. The molecule has 0 fully saturated rings. The van der Waals surface area contributed by atoms with Crippen molar-refractivity contribution in [1.82, 2.24) is 0 Å². The topological polar surface area (TPSA) is 26.0 Å². The van der Waals surface area contributed by atoms with Gasteiger partial charge in [0.15, 0.2) is 0 Å². The lowest BCUT2D eigenvalue weighted by molar-refractivity contribution is 0.617. The smallest absolute Gasteiger partial charge is 0.137 e. The van der Waals surface area contributed by atoms with E-state index in [1.54, 1.807) is 6.07 Å². The summed E-state index contributed by atoms with van der Waals surface area (Å²) in [4.78, 5) is 0. The molecule has 2 aromatic rings. The molecule has 0 spiro atoms. The maximum atomic E-state index is 13.5. The molecule has 1 nitrogen and oxygen atoms in total. The van der Waals surface area contributed by atoms with Gasteiger partial charge < -0.3 is 5.73 Å². The zero-order chi connectivity index (χ0) is 13.3. The van der Waals surface area contributed by atoms with E-state index in [1.165, 1.54) is 6.07 Å². The minimum absolute atomic E-state index is 0.284. The Morgan fingerprint density at radius 1 is 1.11 bits per heavy atom. The first-order chi connectivity index (χ1) is 8.49. The normalized spacial score (nSPS) is 12.5.